The Kier molecular flexibility index (Phi) is 6.92. The van der Waals surface area contributed by atoms with Crippen LogP contribution in [0.1, 0.15) is 19.4 Å². The molecule has 1 fully saturated rings. The van der Waals surface area contributed by atoms with Gasteiger partial charge in [0.05, 0.1) is 0 Å². The molecule has 2 aromatic carbocycles. The number of anilines is 3. The number of aryl methyl sites for hydroxylation is 1. The Morgan fingerprint density at radius 2 is 1.63 bits per heavy atom. The zero-order valence-corrected chi connectivity index (χ0v) is 17.8. The molecule has 0 spiro atoms. The lowest BCUT2D eigenvalue weighted by Crippen LogP contribution is -2.51. The lowest BCUT2D eigenvalue weighted by Gasteiger charge is -2.35. The van der Waals surface area contributed by atoms with Crippen molar-refractivity contribution in [2.45, 2.75) is 20.8 Å². The fourth-order valence-electron chi connectivity index (χ4n) is 3.71. The van der Waals surface area contributed by atoms with Crippen molar-refractivity contribution in [3.8, 4) is 0 Å². The van der Waals surface area contributed by atoms with Gasteiger partial charge in [0.2, 0.25) is 0 Å². The molecule has 1 aliphatic heterocycles. The molecule has 160 valence electrons. The standard InChI is InChI=1S/C23H29FN4O2/c1-4-26(5-2)20-10-11-21(17(3)16-20)25-22(29)23(30)28-14-12-27(13-15-28)19-8-6-18(24)7-9-19/h6-11,16H,4-5,12-15H2,1-3H3,(H,25,29). The van der Waals surface area contributed by atoms with E-state index in [1.165, 1.54) is 12.1 Å². The van der Waals surface area contributed by atoms with Crippen LogP contribution in [-0.2, 0) is 9.59 Å². The summed E-state index contributed by atoms with van der Waals surface area (Å²) < 4.78 is 13.1. The van der Waals surface area contributed by atoms with Crippen molar-refractivity contribution in [1.82, 2.24) is 4.90 Å². The number of nitrogens with one attached hydrogen (secondary N) is 1. The van der Waals surface area contributed by atoms with Crippen LogP contribution in [0.4, 0.5) is 21.5 Å². The smallest absolute Gasteiger partial charge is 0.313 e. The molecule has 30 heavy (non-hydrogen) atoms. The van der Waals surface area contributed by atoms with Crippen molar-refractivity contribution in [2.75, 3.05) is 54.4 Å². The number of benzene rings is 2. The summed E-state index contributed by atoms with van der Waals surface area (Å²) in [5.74, 6) is -1.42. The highest BCUT2D eigenvalue weighted by Gasteiger charge is 2.26. The quantitative estimate of drug-likeness (QED) is 0.766. The molecule has 2 aromatic rings. The van der Waals surface area contributed by atoms with Gasteiger partial charge in [-0.05, 0) is 68.8 Å². The van der Waals surface area contributed by atoms with E-state index in [-0.39, 0.29) is 5.82 Å². The molecule has 0 radical (unpaired) electrons. The van der Waals surface area contributed by atoms with Crippen LogP contribution in [0.25, 0.3) is 0 Å². The lowest BCUT2D eigenvalue weighted by molar-refractivity contribution is -0.143. The first kappa shape index (κ1) is 21.6. The highest BCUT2D eigenvalue weighted by Crippen LogP contribution is 2.23. The third-order valence-corrected chi connectivity index (χ3v) is 5.54. The maximum absolute atomic E-state index is 13.1. The summed E-state index contributed by atoms with van der Waals surface area (Å²) in [6, 6.07) is 12.1. The summed E-state index contributed by atoms with van der Waals surface area (Å²) in [5, 5.41) is 2.75. The zero-order chi connectivity index (χ0) is 21.7. The van der Waals surface area contributed by atoms with Crippen LogP contribution in [0, 0.1) is 12.7 Å². The fraction of sp³-hybridized carbons (Fsp3) is 0.391. The van der Waals surface area contributed by atoms with Gasteiger partial charge in [-0.15, -0.1) is 0 Å². The van der Waals surface area contributed by atoms with E-state index in [0.717, 1.165) is 30.0 Å². The molecule has 0 bridgehead atoms. The minimum atomic E-state index is -0.621. The predicted molar refractivity (Wildman–Crippen MR) is 119 cm³/mol. The van der Waals surface area contributed by atoms with Crippen LogP contribution in [0.2, 0.25) is 0 Å². The Balaban J connectivity index is 1.57. The maximum atomic E-state index is 13.1. The van der Waals surface area contributed by atoms with Crippen molar-refractivity contribution < 1.29 is 14.0 Å². The van der Waals surface area contributed by atoms with Crippen LogP contribution < -0.4 is 15.1 Å². The number of nitrogens with zero attached hydrogens (tertiary/aromatic N) is 3. The Morgan fingerprint density at radius 1 is 1.00 bits per heavy atom. The topological polar surface area (TPSA) is 55.9 Å². The van der Waals surface area contributed by atoms with Gasteiger partial charge in [0.1, 0.15) is 5.82 Å². The second-order valence-electron chi connectivity index (χ2n) is 7.38. The Bertz CT molecular complexity index is 889. The fourth-order valence-corrected chi connectivity index (χ4v) is 3.71. The summed E-state index contributed by atoms with van der Waals surface area (Å²) in [6.07, 6.45) is 0. The van der Waals surface area contributed by atoms with Gasteiger partial charge in [0.25, 0.3) is 0 Å². The summed E-state index contributed by atoms with van der Waals surface area (Å²) in [6.45, 7) is 10.0. The van der Waals surface area contributed by atoms with Crippen molar-refractivity contribution >= 4 is 28.9 Å². The van der Waals surface area contributed by atoms with E-state index in [0.29, 0.717) is 31.9 Å². The lowest BCUT2D eigenvalue weighted by atomic mass is 10.1. The molecule has 1 N–H and O–H groups in total. The second kappa shape index (κ2) is 9.61. The van der Waals surface area contributed by atoms with Crippen molar-refractivity contribution in [3.05, 3.63) is 53.8 Å². The molecule has 1 aliphatic rings. The van der Waals surface area contributed by atoms with Gasteiger partial charge in [-0.25, -0.2) is 4.39 Å². The van der Waals surface area contributed by atoms with Crippen LogP contribution >= 0.6 is 0 Å². The van der Waals surface area contributed by atoms with E-state index in [1.54, 1.807) is 17.0 Å². The molecule has 6 nitrogen and oxygen atoms in total. The van der Waals surface area contributed by atoms with Crippen LogP contribution in [0.5, 0.6) is 0 Å². The second-order valence-corrected chi connectivity index (χ2v) is 7.38. The average Bonchev–Trinajstić information content (AvgIpc) is 2.76. The van der Waals surface area contributed by atoms with Gasteiger partial charge in [0.15, 0.2) is 0 Å². The average molecular weight is 413 g/mol. The van der Waals surface area contributed by atoms with E-state index >= 15 is 0 Å². The van der Waals surface area contributed by atoms with Crippen LogP contribution in [0.3, 0.4) is 0 Å². The minimum Gasteiger partial charge on any atom is -0.372 e. The van der Waals surface area contributed by atoms with Gasteiger partial charge in [-0.3, -0.25) is 9.59 Å². The van der Waals surface area contributed by atoms with E-state index in [9.17, 15) is 14.0 Å². The molecular weight excluding hydrogens is 383 g/mol. The van der Waals surface area contributed by atoms with Crippen molar-refractivity contribution in [1.29, 1.82) is 0 Å². The number of carbonyl (C=O) groups is 2. The van der Waals surface area contributed by atoms with Crippen LogP contribution in [-0.4, -0.2) is 56.0 Å². The van der Waals surface area contributed by atoms with E-state index in [4.69, 9.17) is 0 Å². The number of hydrogen-bond donors (Lipinski definition) is 1. The van der Waals surface area contributed by atoms with E-state index in [2.05, 4.69) is 29.0 Å². The third-order valence-electron chi connectivity index (χ3n) is 5.54. The molecule has 1 heterocycles. The highest BCUT2D eigenvalue weighted by molar-refractivity contribution is 6.39. The van der Waals surface area contributed by atoms with Gasteiger partial charge in [0, 0.05) is 56.3 Å². The molecule has 2 amide bonds. The molecular formula is C23H29FN4O2. The Labute approximate surface area is 177 Å². The molecule has 0 unspecified atom stereocenters. The zero-order valence-electron chi connectivity index (χ0n) is 17.8. The molecule has 0 saturated carbocycles. The summed E-state index contributed by atoms with van der Waals surface area (Å²) in [7, 11) is 0. The number of carbonyl (C=O) groups excluding carboxylic acids is 2. The summed E-state index contributed by atoms with van der Waals surface area (Å²) in [4.78, 5) is 31.0. The van der Waals surface area contributed by atoms with Gasteiger partial charge >= 0.3 is 11.8 Å². The first-order valence-corrected chi connectivity index (χ1v) is 10.4. The van der Waals surface area contributed by atoms with Gasteiger partial charge in [-0.2, -0.15) is 0 Å². The largest absolute Gasteiger partial charge is 0.372 e. The number of rotatable bonds is 5. The molecule has 7 heteroatoms. The molecule has 1 saturated heterocycles. The Hall–Kier alpha value is -3.09. The molecule has 0 aliphatic carbocycles. The number of hydrogen-bond acceptors (Lipinski definition) is 4. The third kappa shape index (κ3) is 4.90. The summed E-state index contributed by atoms with van der Waals surface area (Å²) >= 11 is 0. The number of piperazine rings is 1. The number of amides is 2. The monoisotopic (exact) mass is 412 g/mol. The number of halogens is 1. The SMILES string of the molecule is CCN(CC)c1ccc(NC(=O)C(=O)N2CCN(c3ccc(F)cc3)CC2)c(C)c1. The van der Waals surface area contributed by atoms with Crippen LogP contribution in [0.15, 0.2) is 42.5 Å². The summed E-state index contributed by atoms with van der Waals surface area (Å²) in [5.41, 5.74) is 3.58. The molecule has 3 rings (SSSR count). The predicted octanol–water partition coefficient (Wildman–Crippen LogP) is 3.27. The normalized spacial score (nSPS) is 13.9. The highest BCUT2D eigenvalue weighted by atomic mass is 19.1. The van der Waals surface area contributed by atoms with Crippen molar-refractivity contribution in [3.63, 3.8) is 0 Å². The maximum Gasteiger partial charge on any atom is 0.313 e. The minimum absolute atomic E-state index is 0.273. The first-order valence-electron chi connectivity index (χ1n) is 10.4. The van der Waals surface area contributed by atoms with Gasteiger partial charge < -0.3 is 20.0 Å². The van der Waals surface area contributed by atoms with Gasteiger partial charge in [-0.1, -0.05) is 0 Å². The van der Waals surface area contributed by atoms with E-state index < -0.39 is 11.8 Å². The van der Waals surface area contributed by atoms with E-state index in [1.807, 2.05) is 25.1 Å². The molecule has 0 aromatic heterocycles. The Morgan fingerprint density at radius 3 is 2.20 bits per heavy atom. The first-order chi connectivity index (χ1) is 14.4. The molecule has 0 atom stereocenters. The van der Waals surface area contributed by atoms with Crippen molar-refractivity contribution in [2.24, 2.45) is 0 Å².